The minimum absolute atomic E-state index is 0.0916. The number of likely N-dealkylation sites (N-methyl/N-ethyl adjacent to an activating group) is 1. The maximum absolute atomic E-state index is 13.5. The molecular weight excluding hydrogens is 263 g/mol. The zero-order chi connectivity index (χ0) is 15.3. The van der Waals surface area contributed by atoms with Gasteiger partial charge in [0.25, 0.3) is 11.8 Å². The van der Waals surface area contributed by atoms with Crippen molar-refractivity contribution >= 4 is 11.8 Å². The summed E-state index contributed by atoms with van der Waals surface area (Å²) in [5.41, 5.74) is -0.0916. The molecule has 0 heterocycles. The Kier molecular flexibility index (Phi) is 5.64. The van der Waals surface area contributed by atoms with E-state index in [1.807, 2.05) is 0 Å². The van der Waals surface area contributed by atoms with Gasteiger partial charge in [-0.25, -0.2) is 9.45 Å². The highest BCUT2D eigenvalue weighted by Gasteiger charge is 2.28. The van der Waals surface area contributed by atoms with E-state index in [0.29, 0.717) is 0 Å². The summed E-state index contributed by atoms with van der Waals surface area (Å²) in [6.07, 6.45) is 0. The van der Waals surface area contributed by atoms with E-state index in [4.69, 9.17) is 4.84 Å². The van der Waals surface area contributed by atoms with Gasteiger partial charge in [-0.2, -0.15) is 0 Å². The Bertz CT molecular complexity index is 491. The Balaban J connectivity index is 2.89. The Morgan fingerprint density at radius 2 is 1.90 bits per heavy atom. The maximum atomic E-state index is 13.5. The van der Waals surface area contributed by atoms with E-state index in [-0.39, 0.29) is 11.5 Å². The molecule has 1 atom stereocenters. The predicted molar refractivity (Wildman–Crippen MR) is 72.3 cm³/mol. The van der Waals surface area contributed by atoms with E-state index in [1.165, 1.54) is 32.4 Å². The molecule has 1 aromatic carbocycles. The van der Waals surface area contributed by atoms with Crippen LogP contribution in [-0.4, -0.2) is 37.1 Å². The first-order valence-electron chi connectivity index (χ1n) is 6.25. The molecule has 1 unspecified atom stereocenters. The highest BCUT2D eigenvalue weighted by Crippen LogP contribution is 2.10. The lowest BCUT2D eigenvalue weighted by Crippen LogP contribution is -2.50. The molecule has 20 heavy (non-hydrogen) atoms. The van der Waals surface area contributed by atoms with Crippen LogP contribution in [0.25, 0.3) is 0 Å². The van der Waals surface area contributed by atoms with Crippen LogP contribution in [0.15, 0.2) is 24.3 Å². The Labute approximate surface area is 117 Å². The van der Waals surface area contributed by atoms with Gasteiger partial charge in [-0.15, -0.1) is 0 Å². The average molecular weight is 282 g/mol. The van der Waals surface area contributed by atoms with Gasteiger partial charge in [0.1, 0.15) is 11.9 Å². The third-order valence-corrected chi connectivity index (χ3v) is 2.92. The molecule has 0 spiro atoms. The van der Waals surface area contributed by atoms with Gasteiger partial charge in [-0.3, -0.25) is 14.4 Å². The standard InChI is InChI=1S/C14H19FN2O3/c1-9(2)12(14(19)17(3)20-4)16-13(18)10-7-5-6-8-11(10)15/h5-9,12H,1-4H3,(H,16,18). The van der Waals surface area contributed by atoms with Gasteiger partial charge in [0.2, 0.25) is 0 Å². The van der Waals surface area contributed by atoms with Crippen molar-refractivity contribution in [3.63, 3.8) is 0 Å². The number of benzene rings is 1. The van der Waals surface area contributed by atoms with E-state index < -0.39 is 23.7 Å². The summed E-state index contributed by atoms with van der Waals surface area (Å²) in [6.45, 7) is 3.57. The summed E-state index contributed by atoms with van der Waals surface area (Å²) in [6, 6.07) is 4.84. The molecule has 0 radical (unpaired) electrons. The second-order valence-electron chi connectivity index (χ2n) is 4.69. The second kappa shape index (κ2) is 7.00. The summed E-state index contributed by atoms with van der Waals surface area (Å²) in [7, 11) is 2.81. The van der Waals surface area contributed by atoms with Gasteiger partial charge < -0.3 is 5.32 Å². The minimum atomic E-state index is -0.785. The van der Waals surface area contributed by atoms with Crippen LogP contribution in [0.2, 0.25) is 0 Å². The van der Waals surface area contributed by atoms with Crippen LogP contribution in [0.5, 0.6) is 0 Å². The molecule has 5 nitrogen and oxygen atoms in total. The van der Waals surface area contributed by atoms with Crippen LogP contribution >= 0.6 is 0 Å². The molecule has 0 fully saturated rings. The molecule has 0 aromatic heterocycles. The third kappa shape index (κ3) is 3.77. The SMILES string of the molecule is CON(C)C(=O)C(NC(=O)c1ccccc1F)C(C)C. The lowest BCUT2D eigenvalue weighted by molar-refractivity contribution is -0.171. The largest absolute Gasteiger partial charge is 0.340 e. The number of hydrogen-bond donors (Lipinski definition) is 1. The van der Waals surface area contributed by atoms with Crippen molar-refractivity contribution in [2.45, 2.75) is 19.9 Å². The number of amides is 2. The second-order valence-corrected chi connectivity index (χ2v) is 4.69. The highest BCUT2D eigenvalue weighted by atomic mass is 19.1. The van der Waals surface area contributed by atoms with Crippen molar-refractivity contribution in [3.8, 4) is 0 Å². The quantitative estimate of drug-likeness (QED) is 0.835. The summed E-state index contributed by atoms with van der Waals surface area (Å²) < 4.78 is 13.5. The monoisotopic (exact) mass is 282 g/mol. The summed E-state index contributed by atoms with van der Waals surface area (Å²) in [5.74, 6) is -1.80. The van der Waals surface area contributed by atoms with E-state index in [1.54, 1.807) is 19.9 Å². The van der Waals surface area contributed by atoms with Crippen LogP contribution in [0, 0.1) is 11.7 Å². The van der Waals surface area contributed by atoms with Crippen molar-refractivity contribution in [2.24, 2.45) is 5.92 Å². The van der Waals surface area contributed by atoms with Crippen molar-refractivity contribution in [1.82, 2.24) is 10.4 Å². The maximum Gasteiger partial charge on any atom is 0.268 e. The van der Waals surface area contributed by atoms with Crippen molar-refractivity contribution in [1.29, 1.82) is 0 Å². The number of nitrogens with zero attached hydrogens (tertiary/aromatic N) is 1. The smallest absolute Gasteiger partial charge is 0.268 e. The molecule has 0 saturated heterocycles. The van der Waals surface area contributed by atoms with Gasteiger partial charge in [0.15, 0.2) is 0 Å². The molecule has 1 N–H and O–H groups in total. The Morgan fingerprint density at radius 3 is 2.40 bits per heavy atom. The molecule has 6 heteroatoms. The van der Waals surface area contributed by atoms with Crippen LogP contribution in [-0.2, 0) is 9.63 Å². The molecule has 0 bridgehead atoms. The normalized spacial score (nSPS) is 12.1. The number of hydroxylamine groups is 2. The fourth-order valence-corrected chi connectivity index (χ4v) is 1.66. The van der Waals surface area contributed by atoms with Crippen LogP contribution < -0.4 is 5.32 Å². The molecule has 0 aliphatic rings. The first-order valence-corrected chi connectivity index (χ1v) is 6.25. The van der Waals surface area contributed by atoms with E-state index >= 15 is 0 Å². The molecule has 2 amide bonds. The molecule has 0 aliphatic heterocycles. The van der Waals surface area contributed by atoms with Gasteiger partial charge >= 0.3 is 0 Å². The summed E-state index contributed by atoms with van der Waals surface area (Å²) in [4.78, 5) is 28.9. The van der Waals surface area contributed by atoms with Crippen molar-refractivity contribution in [2.75, 3.05) is 14.2 Å². The summed E-state index contributed by atoms with van der Waals surface area (Å²) >= 11 is 0. The fraction of sp³-hybridized carbons (Fsp3) is 0.429. The molecule has 1 rings (SSSR count). The number of carbonyl (C=O) groups excluding carboxylic acids is 2. The lowest BCUT2D eigenvalue weighted by Gasteiger charge is -2.25. The number of carbonyl (C=O) groups is 2. The van der Waals surface area contributed by atoms with Crippen molar-refractivity contribution < 1.29 is 18.8 Å². The van der Waals surface area contributed by atoms with Gasteiger partial charge in [-0.05, 0) is 18.1 Å². The Hall–Kier alpha value is -1.95. The Morgan fingerprint density at radius 1 is 1.30 bits per heavy atom. The molecule has 110 valence electrons. The fourth-order valence-electron chi connectivity index (χ4n) is 1.66. The zero-order valence-electron chi connectivity index (χ0n) is 12.0. The topological polar surface area (TPSA) is 58.6 Å². The molecule has 0 saturated carbocycles. The molecular formula is C14H19FN2O3. The van der Waals surface area contributed by atoms with E-state index in [9.17, 15) is 14.0 Å². The third-order valence-electron chi connectivity index (χ3n) is 2.92. The van der Waals surface area contributed by atoms with Gasteiger partial charge in [-0.1, -0.05) is 26.0 Å². The van der Waals surface area contributed by atoms with Crippen LogP contribution in [0.4, 0.5) is 4.39 Å². The van der Waals surface area contributed by atoms with Crippen molar-refractivity contribution in [3.05, 3.63) is 35.6 Å². The average Bonchev–Trinajstić information content (AvgIpc) is 2.43. The van der Waals surface area contributed by atoms with Crippen LogP contribution in [0.3, 0.4) is 0 Å². The molecule has 1 aromatic rings. The van der Waals surface area contributed by atoms with Crippen LogP contribution in [0.1, 0.15) is 24.2 Å². The number of hydrogen-bond acceptors (Lipinski definition) is 3. The minimum Gasteiger partial charge on any atom is -0.340 e. The number of nitrogens with one attached hydrogen (secondary N) is 1. The first-order chi connectivity index (χ1) is 9.38. The zero-order valence-corrected chi connectivity index (χ0v) is 12.0. The van der Waals surface area contributed by atoms with Gasteiger partial charge in [0.05, 0.1) is 12.7 Å². The van der Waals surface area contributed by atoms with Gasteiger partial charge in [0, 0.05) is 7.05 Å². The lowest BCUT2D eigenvalue weighted by atomic mass is 10.0. The van der Waals surface area contributed by atoms with E-state index in [2.05, 4.69) is 5.32 Å². The number of halogens is 1. The van der Waals surface area contributed by atoms with E-state index in [0.717, 1.165) is 5.06 Å². The predicted octanol–water partition coefficient (Wildman–Crippen LogP) is 1.60. The first kappa shape index (κ1) is 16.1. The number of rotatable bonds is 5. The molecule has 0 aliphatic carbocycles. The highest BCUT2D eigenvalue weighted by molar-refractivity contribution is 5.97. The summed E-state index contributed by atoms with van der Waals surface area (Å²) in [5, 5.41) is 3.57.